The SMILES string of the molecule is CN(c1ccc(-c2ccc(-c3ccn(C)c(=O)c3)cc2O)nn1)[C@@H]1C2CN[C@](C)(C2)[C@H]1F. The summed E-state index contributed by atoms with van der Waals surface area (Å²) in [5.74, 6) is 0.899. The van der Waals surface area contributed by atoms with Crippen LogP contribution in [0.5, 0.6) is 5.75 Å². The number of hydrogen-bond donors (Lipinski definition) is 2. The van der Waals surface area contributed by atoms with Gasteiger partial charge in [0.25, 0.3) is 5.56 Å². The quantitative estimate of drug-likeness (QED) is 0.656. The minimum absolute atomic E-state index is 0.0505. The third-order valence-corrected chi connectivity index (χ3v) is 7.02. The fourth-order valence-corrected chi connectivity index (χ4v) is 5.10. The standard InChI is InChI=1S/C24H26FN5O2/c1-24-12-16(13-26-24)22(23(24)25)30(3)20-7-6-18(27-28-20)17-5-4-14(10-19(17)31)15-8-9-29(2)21(32)11-15/h4-11,16,22-23,26,31H,12-13H2,1-3H3/t16?,22-,23+,24-/m1/s1. The molecule has 32 heavy (non-hydrogen) atoms. The molecule has 0 spiro atoms. The summed E-state index contributed by atoms with van der Waals surface area (Å²) >= 11 is 0. The fraction of sp³-hybridized carbons (Fsp3) is 0.375. The van der Waals surface area contributed by atoms with E-state index in [0.29, 0.717) is 17.1 Å². The van der Waals surface area contributed by atoms with Crippen LogP contribution in [0.3, 0.4) is 0 Å². The topological polar surface area (TPSA) is 83.3 Å². The molecule has 3 aromatic rings. The number of phenolic OH excluding ortho intramolecular Hbond substituents is 1. The van der Waals surface area contributed by atoms with Gasteiger partial charge in [0.2, 0.25) is 0 Å². The molecule has 1 aromatic carbocycles. The Morgan fingerprint density at radius 3 is 2.59 bits per heavy atom. The summed E-state index contributed by atoms with van der Waals surface area (Å²) in [6.07, 6.45) is 1.54. The lowest BCUT2D eigenvalue weighted by molar-refractivity contribution is 0.163. The van der Waals surface area contributed by atoms with E-state index >= 15 is 4.39 Å². The van der Waals surface area contributed by atoms with Crippen molar-refractivity contribution in [2.75, 3.05) is 18.5 Å². The van der Waals surface area contributed by atoms with E-state index in [1.807, 2.05) is 37.1 Å². The van der Waals surface area contributed by atoms with E-state index < -0.39 is 11.7 Å². The summed E-state index contributed by atoms with van der Waals surface area (Å²) in [5.41, 5.74) is 1.95. The van der Waals surface area contributed by atoms with Crippen molar-refractivity contribution in [2.45, 2.75) is 31.1 Å². The summed E-state index contributed by atoms with van der Waals surface area (Å²) in [6.45, 7) is 2.76. The van der Waals surface area contributed by atoms with Gasteiger partial charge in [0.05, 0.1) is 11.7 Å². The maximum atomic E-state index is 15.0. The molecular weight excluding hydrogens is 409 g/mol. The van der Waals surface area contributed by atoms with Crippen molar-refractivity contribution in [1.82, 2.24) is 20.1 Å². The Labute approximate surface area is 185 Å². The van der Waals surface area contributed by atoms with Crippen molar-refractivity contribution in [3.05, 3.63) is 59.0 Å². The van der Waals surface area contributed by atoms with E-state index in [0.717, 1.165) is 24.1 Å². The molecule has 0 radical (unpaired) electrons. The van der Waals surface area contributed by atoms with E-state index in [9.17, 15) is 9.90 Å². The summed E-state index contributed by atoms with van der Waals surface area (Å²) < 4.78 is 16.5. The number of aromatic hydroxyl groups is 1. The fourth-order valence-electron chi connectivity index (χ4n) is 5.10. The van der Waals surface area contributed by atoms with Crippen LogP contribution in [-0.4, -0.2) is 51.2 Å². The van der Waals surface area contributed by atoms with E-state index in [1.54, 1.807) is 31.4 Å². The second-order valence-corrected chi connectivity index (χ2v) is 9.14. The van der Waals surface area contributed by atoms with Crippen LogP contribution < -0.4 is 15.8 Å². The Bertz CT molecular complexity index is 1230. The molecular formula is C24H26FN5O2. The Morgan fingerprint density at radius 1 is 1.19 bits per heavy atom. The van der Waals surface area contributed by atoms with Crippen LogP contribution in [0.4, 0.5) is 10.2 Å². The summed E-state index contributed by atoms with van der Waals surface area (Å²) in [7, 11) is 3.55. The van der Waals surface area contributed by atoms with E-state index in [2.05, 4.69) is 15.5 Å². The molecule has 1 unspecified atom stereocenters. The number of halogens is 1. The number of aryl methyl sites for hydroxylation is 1. The molecule has 1 aliphatic carbocycles. The Balaban J connectivity index is 1.38. The van der Waals surface area contributed by atoms with Crippen molar-refractivity contribution >= 4 is 5.82 Å². The lowest BCUT2D eigenvalue weighted by atomic mass is 9.96. The van der Waals surface area contributed by atoms with E-state index in [4.69, 9.17) is 0 Å². The van der Waals surface area contributed by atoms with Crippen molar-refractivity contribution < 1.29 is 9.50 Å². The molecule has 2 aromatic heterocycles. The van der Waals surface area contributed by atoms with Crippen LogP contribution in [0.1, 0.15) is 13.3 Å². The smallest absolute Gasteiger partial charge is 0.250 e. The third-order valence-electron chi connectivity index (χ3n) is 7.02. The van der Waals surface area contributed by atoms with E-state index in [1.165, 1.54) is 10.6 Å². The number of aromatic nitrogens is 3. The first kappa shape index (κ1) is 20.6. The number of phenols is 1. The maximum absolute atomic E-state index is 15.0. The number of rotatable bonds is 4. The summed E-state index contributed by atoms with van der Waals surface area (Å²) in [4.78, 5) is 13.8. The molecule has 2 fully saturated rings. The van der Waals surface area contributed by atoms with Crippen LogP contribution in [-0.2, 0) is 7.05 Å². The first-order valence-corrected chi connectivity index (χ1v) is 10.7. The highest BCUT2D eigenvalue weighted by molar-refractivity contribution is 5.74. The first-order chi connectivity index (χ1) is 15.3. The van der Waals surface area contributed by atoms with Gasteiger partial charge in [-0.25, -0.2) is 4.39 Å². The molecule has 7 nitrogen and oxygen atoms in total. The molecule has 166 valence electrons. The zero-order valence-electron chi connectivity index (χ0n) is 18.3. The maximum Gasteiger partial charge on any atom is 0.250 e. The molecule has 2 N–H and O–H groups in total. The lowest BCUT2D eigenvalue weighted by Gasteiger charge is -2.37. The van der Waals surface area contributed by atoms with Crippen LogP contribution in [0, 0.1) is 5.92 Å². The van der Waals surface area contributed by atoms with Gasteiger partial charge in [-0.3, -0.25) is 4.79 Å². The second-order valence-electron chi connectivity index (χ2n) is 9.14. The molecule has 5 rings (SSSR count). The number of piperidine rings is 1. The summed E-state index contributed by atoms with van der Waals surface area (Å²) in [5, 5.41) is 22.5. The Kier molecular flexibility index (Phi) is 4.78. The van der Waals surface area contributed by atoms with Gasteiger partial charge in [0, 0.05) is 44.0 Å². The van der Waals surface area contributed by atoms with Gasteiger partial charge >= 0.3 is 0 Å². The molecule has 8 heteroatoms. The largest absolute Gasteiger partial charge is 0.507 e. The molecule has 0 amide bonds. The van der Waals surface area contributed by atoms with Gasteiger partial charge in [0.15, 0.2) is 5.82 Å². The second kappa shape index (κ2) is 7.41. The van der Waals surface area contributed by atoms with Crippen LogP contribution in [0.15, 0.2) is 53.5 Å². The van der Waals surface area contributed by atoms with Crippen molar-refractivity contribution in [2.24, 2.45) is 13.0 Å². The molecule has 1 saturated carbocycles. The number of hydrogen-bond acceptors (Lipinski definition) is 6. The Hall–Kier alpha value is -3.26. The summed E-state index contributed by atoms with van der Waals surface area (Å²) in [6, 6.07) is 11.9. The first-order valence-electron chi connectivity index (χ1n) is 10.7. The zero-order chi connectivity index (χ0) is 22.6. The minimum Gasteiger partial charge on any atom is -0.507 e. The molecule has 1 aliphatic heterocycles. The predicted molar refractivity (Wildman–Crippen MR) is 121 cm³/mol. The normalized spacial score (nSPS) is 26.4. The average molecular weight is 436 g/mol. The monoisotopic (exact) mass is 435 g/mol. The van der Waals surface area contributed by atoms with Crippen molar-refractivity contribution in [3.63, 3.8) is 0 Å². The van der Waals surface area contributed by atoms with Gasteiger partial charge in [-0.15, -0.1) is 10.2 Å². The number of anilines is 1. The van der Waals surface area contributed by atoms with Crippen molar-refractivity contribution in [3.8, 4) is 28.1 Å². The highest BCUT2D eigenvalue weighted by Gasteiger charge is 2.57. The number of pyridine rings is 1. The molecule has 3 heterocycles. The van der Waals surface area contributed by atoms with Gasteiger partial charge in [0.1, 0.15) is 11.9 Å². The highest BCUT2D eigenvalue weighted by Crippen LogP contribution is 2.44. The van der Waals surface area contributed by atoms with Gasteiger partial charge < -0.3 is 19.9 Å². The van der Waals surface area contributed by atoms with Crippen LogP contribution >= 0.6 is 0 Å². The molecule has 4 atom stereocenters. The number of fused-ring (bicyclic) bond motifs is 2. The van der Waals surface area contributed by atoms with Crippen LogP contribution in [0.2, 0.25) is 0 Å². The van der Waals surface area contributed by atoms with Crippen molar-refractivity contribution in [1.29, 1.82) is 0 Å². The number of alkyl halides is 1. The molecule has 2 bridgehead atoms. The van der Waals surface area contributed by atoms with Gasteiger partial charge in [-0.05, 0) is 60.7 Å². The highest BCUT2D eigenvalue weighted by atomic mass is 19.1. The van der Waals surface area contributed by atoms with Gasteiger partial charge in [-0.1, -0.05) is 6.07 Å². The van der Waals surface area contributed by atoms with Crippen LogP contribution in [0.25, 0.3) is 22.4 Å². The number of nitrogens with zero attached hydrogens (tertiary/aromatic N) is 4. The van der Waals surface area contributed by atoms with Gasteiger partial charge in [-0.2, -0.15) is 0 Å². The molecule has 1 saturated heterocycles. The average Bonchev–Trinajstić information content (AvgIpc) is 3.29. The number of nitrogens with one attached hydrogen (secondary N) is 1. The Morgan fingerprint density at radius 2 is 1.97 bits per heavy atom. The lowest BCUT2D eigenvalue weighted by Crippen LogP contribution is -2.56. The van der Waals surface area contributed by atoms with E-state index in [-0.39, 0.29) is 23.3 Å². The minimum atomic E-state index is -0.973. The molecule has 2 aliphatic rings. The zero-order valence-corrected chi connectivity index (χ0v) is 18.3. The third kappa shape index (κ3) is 3.26. The predicted octanol–water partition coefficient (Wildman–Crippen LogP) is 2.74. The number of benzene rings is 1.